The number of anilines is 2. The molecule has 1 heterocycles. The summed E-state index contributed by atoms with van der Waals surface area (Å²) in [6, 6.07) is 11.4. The van der Waals surface area contributed by atoms with Crippen molar-refractivity contribution in [2.24, 2.45) is 5.92 Å². The van der Waals surface area contributed by atoms with Gasteiger partial charge in [-0.05, 0) is 86.2 Å². The molecular weight excluding hydrogens is 637 g/mol. The molecule has 0 aromatic heterocycles. The Labute approximate surface area is 214 Å². The number of benzene rings is 2. The fourth-order valence-corrected chi connectivity index (χ4v) is 4.35. The van der Waals surface area contributed by atoms with E-state index < -0.39 is 5.60 Å². The summed E-state index contributed by atoms with van der Waals surface area (Å²) in [6.07, 6.45) is 0.596. The highest BCUT2D eigenvalue weighted by Crippen LogP contribution is 2.21. The van der Waals surface area contributed by atoms with Crippen LogP contribution >= 0.6 is 54.5 Å². The molecule has 8 heteroatoms. The number of hydrogen-bond acceptors (Lipinski definition) is 4. The first-order chi connectivity index (χ1) is 14.4. The van der Waals surface area contributed by atoms with Crippen molar-refractivity contribution in [1.82, 2.24) is 4.90 Å². The smallest absolute Gasteiger partial charge is 0.410 e. The Balaban J connectivity index is 0.000000316. The third-order valence-corrected chi connectivity index (χ3v) is 6.15. The van der Waals surface area contributed by atoms with E-state index in [-0.39, 0.29) is 12.0 Å². The van der Waals surface area contributed by atoms with Gasteiger partial charge in [0, 0.05) is 48.5 Å². The number of hydrogen-bond donors (Lipinski definition) is 2. The molecule has 1 aliphatic rings. The lowest BCUT2D eigenvalue weighted by Crippen LogP contribution is -2.35. The van der Waals surface area contributed by atoms with E-state index in [0.29, 0.717) is 18.8 Å². The second kappa shape index (κ2) is 11.4. The summed E-state index contributed by atoms with van der Waals surface area (Å²) in [4.78, 5) is 13.7. The summed E-state index contributed by atoms with van der Waals surface area (Å²) in [5.41, 5.74) is 13.3. The van der Waals surface area contributed by atoms with E-state index >= 15 is 0 Å². The van der Waals surface area contributed by atoms with Gasteiger partial charge in [-0.3, -0.25) is 0 Å². The molecule has 0 aliphatic carbocycles. The Hall–Kier alpha value is -1.44. The molecule has 0 saturated carbocycles. The summed E-state index contributed by atoms with van der Waals surface area (Å²) in [5.74, 6) is 6.49. The van der Waals surface area contributed by atoms with Crippen LogP contribution in [0.2, 0.25) is 0 Å². The van der Waals surface area contributed by atoms with Crippen molar-refractivity contribution in [1.29, 1.82) is 0 Å². The van der Waals surface area contributed by atoms with Crippen molar-refractivity contribution in [2.75, 3.05) is 24.6 Å². The van der Waals surface area contributed by atoms with E-state index in [1.165, 1.54) is 0 Å². The molecule has 1 unspecified atom stereocenters. The van der Waals surface area contributed by atoms with Crippen LogP contribution in [0.15, 0.2) is 45.3 Å². The van der Waals surface area contributed by atoms with Crippen LogP contribution in [0.1, 0.15) is 32.8 Å². The number of ether oxygens (including phenoxy) is 1. The molecule has 1 saturated heterocycles. The standard InChI is InChI=1S/C17H21BrN2O2.C6H5BrIN/c1-17(2,3)22-16(21)20-9-8-12(11-20)4-5-13-10-14(18)6-7-15(13)19;7-4-1-2-6(9)5(8)3-4/h6-7,10,12H,8-9,11,19H2,1-3H3;1-3H,9H2. The molecule has 166 valence electrons. The highest BCUT2D eigenvalue weighted by molar-refractivity contribution is 14.1. The zero-order chi connectivity index (χ0) is 23.2. The van der Waals surface area contributed by atoms with Gasteiger partial charge in [0.05, 0.1) is 0 Å². The van der Waals surface area contributed by atoms with Crippen LogP contribution in [-0.2, 0) is 4.74 Å². The number of carbonyl (C=O) groups excluding carboxylic acids is 1. The molecule has 0 spiro atoms. The van der Waals surface area contributed by atoms with Crippen molar-refractivity contribution in [3.05, 3.63) is 54.5 Å². The maximum atomic E-state index is 12.0. The fraction of sp³-hybridized carbons (Fsp3) is 0.348. The lowest BCUT2D eigenvalue weighted by molar-refractivity contribution is 0.0291. The van der Waals surface area contributed by atoms with Crippen LogP contribution in [0.5, 0.6) is 0 Å². The van der Waals surface area contributed by atoms with Gasteiger partial charge in [-0.2, -0.15) is 0 Å². The van der Waals surface area contributed by atoms with Gasteiger partial charge in [0.25, 0.3) is 0 Å². The molecule has 1 amide bonds. The predicted molar refractivity (Wildman–Crippen MR) is 143 cm³/mol. The Morgan fingerprint density at radius 3 is 2.32 bits per heavy atom. The Kier molecular flexibility index (Phi) is 9.52. The summed E-state index contributed by atoms with van der Waals surface area (Å²) in [7, 11) is 0. The van der Waals surface area contributed by atoms with E-state index in [1.807, 2.05) is 57.2 Å². The Bertz CT molecular complexity index is 997. The Morgan fingerprint density at radius 2 is 1.74 bits per heavy atom. The maximum absolute atomic E-state index is 12.0. The summed E-state index contributed by atoms with van der Waals surface area (Å²) < 4.78 is 8.49. The number of likely N-dealkylation sites (tertiary alicyclic amines) is 1. The summed E-state index contributed by atoms with van der Waals surface area (Å²) in [5, 5.41) is 0. The molecule has 0 radical (unpaired) electrons. The molecule has 0 bridgehead atoms. The molecule has 2 aromatic carbocycles. The van der Waals surface area contributed by atoms with Crippen molar-refractivity contribution in [2.45, 2.75) is 32.8 Å². The van der Waals surface area contributed by atoms with Gasteiger partial charge in [-0.1, -0.05) is 43.7 Å². The van der Waals surface area contributed by atoms with Crippen molar-refractivity contribution in [3.63, 3.8) is 0 Å². The van der Waals surface area contributed by atoms with Crippen LogP contribution < -0.4 is 11.5 Å². The van der Waals surface area contributed by atoms with E-state index in [4.69, 9.17) is 16.2 Å². The number of rotatable bonds is 0. The molecule has 1 aliphatic heterocycles. The number of carbonyl (C=O) groups is 1. The molecule has 1 fully saturated rings. The first-order valence-electron chi connectivity index (χ1n) is 9.69. The Morgan fingerprint density at radius 1 is 1.13 bits per heavy atom. The predicted octanol–water partition coefficient (Wildman–Crippen LogP) is 6.28. The number of nitrogens with zero attached hydrogens (tertiary/aromatic N) is 1. The van der Waals surface area contributed by atoms with Gasteiger partial charge in [0.15, 0.2) is 0 Å². The van der Waals surface area contributed by atoms with Crippen LogP contribution in [0.3, 0.4) is 0 Å². The number of halogens is 3. The zero-order valence-corrected chi connectivity index (χ0v) is 23.0. The van der Waals surface area contributed by atoms with Gasteiger partial charge in [0.1, 0.15) is 5.60 Å². The third-order valence-electron chi connectivity index (χ3n) is 4.23. The summed E-state index contributed by atoms with van der Waals surface area (Å²) >= 11 is 8.94. The monoisotopic (exact) mass is 661 g/mol. The molecular formula is C23H26Br2IN3O2. The first-order valence-corrected chi connectivity index (χ1v) is 12.4. The minimum Gasteiger partial charge on any atom is -0.444 e. The second-order valence-corrected chi connectivity index (χ2v) is 11.1. The van der Waals surface area contributed by atoms with Gasteiger partial charge >= 0.3 is 6.09 Å². The van der Waals surface area contributed by atoms with E-state index in [2.05, 4.69) is 66.3 Å². The molecule has 4 N–H and O–H groups in total. The SMILES string of the molecule is CC(C)(C)OC(=O)N1CCC(C#Cc2cc(Br)ccc2N)C1.Nc1ccc(Br)cc1I. The number of amides is 1. The second-order valence-electron chi connectivity index (χ2n) is 8.08. The molecule has 5 nitrogen and oxygen atoms in total. The minimum absolute atomic E-state index is 0.158. The summed E-state index contributed by atoms with van der Waals surface area (Å²) in [6.45, 7) is 6.90. The van der Waals surface area contributed by atoms with Crippen molar-refractivity contribution in [3.8, 4) is 11.8 Å². The van der Waals surface area contributed by atoms with Crippen LogP contribution in [0.4, 0.5) is 16.2 Å². The average Bonchev–Trinajstić information content (AvgIpc) is 3.14. The quantitative estimate of drug-likeness (QED) is 0.198. The highest BCUT2D eigenvalue weighted by atomic mass is 127. The molecule has 1 atom stereocenters. The largest absolute Gasteiger partial charge is 0.444 e. The van der Waals surface area contributed by atoms with Crippen LogP contribution in [0.25, 0.3) is 0 Å². The maximum Gasteiger partial charge on any atom is 0.410 e. The average molecular weight is 663 g/mol. The van der Waals surface area contributed by atoms with E-state index in [9.17, 15) is 4.79 Å². The van der Waals surface area contributed by atoms with Crippen LogP contribution in [0, 0.1) is 21.3 Å². The topological polar surface area (TPSA) is 81.6 Å². The highest BCUT2D eigenvalue weighted by Gasteiger charge is 2.28. The van der Waals surface area contributed by atoms with Crippen molar-refractivity contribution < 1.29 is 9.53 Å². The van der Waals surface area contributed by atoms with Gasteiger partial charge < -0.3 is 21.1 Å². The van der Waals surface area contributed by atoms with Crippen LogP contribution in [-0.4, -0.2) is 29.7 Å². The molecule has 31 heavy (non-hydrogen) atoms. The van der Waals surface area contributed by atoms with Gasteiger partial charge in [-0.25, -0.2) is 4.79 Å². The van der Waals surface area contributed by atoms with Crippen molar-refractivity contribution >= 4 is 71.9 Å². The lowest BCUT2D eigenvalue weighted by atomic mass is 10.1. The van der Waals surface area contributed by atoms with Gasteiger partial charge in [-0.15, -0.1) is 0 Å². The molecule has 2 aromatic rings. The lowest BCUT2D eigenvalue weighted by Gasteiger charge is -2.24. The molecule has 3 rings (SSSR count). The number of nitrogen functional groups attached to an aromatic ring is 2. The third kappa shape index (κ3) is 8.91. The van der Waals surface area contributed by atoms with E-state index in [1.54, 1.807) is 4.90 Å². The first kappa shape index (κ1) is 25.8. The normalized spacial score (nSPS) is 15.4. The van der Waals surface area contributed by atoms with Gasteiger partial charge in [0.2, 0.25) is 0 Å². The van der Waals surface area contributed by atoms with E-state index in [0.717, 1.165) is 30.2 Å². The fourth-order valence-electron chi connectivity index (χ4n) is 2.69. The number of nitrogens with two attached hydrogens (primary N) is 2. The minimum atomic E-state index is -0.467. The zero-order valence-electron chi connectivity index (χ0n) is 17.7.